The number of fused-ring (bicyclic) bond motifs is 1. The van der Waals surface area contributed by atoms with Gasteiger partial charge in [-0.2, -0.15) is 0 Å². The Labute approximate surface area is 201 Å². The summed E-state index contributed by atoms with van der Waals surface area (Å²) < 4.78 is 39.7. The zero-order chi connectivity index (χ0) is 24.7. The molecule has 3 aromatic heterocycles. The molecular formula is C27H27F2N3O3. The average molecular weight is 480 g/mol. The number of ether oxygens (including phenoxy) is 1. The quantitative estimate of drug-likeness (QED) is 0.302. The van der Waals surface area contributed by atoms with Crippen LogP contribution in [0.4, 0.5) is 8.78 Å². The van der Waals surface area contributed by atoms with Gasteiger partial charge >= 0.3 is 5.97 Å². The number of nitrogens with zero attached hydrogens (tertiary/aromatic N) is 3. The molecule has 1 aromatic carbocycles. The summed E-state index contributed by atoms with van der Waals surface area (Å²) in [4.78, 5) is 16.6. The highest BCUT2D eigenvalue weighted by atomic mass is 19.3. The number of carbonyl (C=O) groups excluding carboxylic acids is 1. The highest BCUT2D eigenvalue weighted by Crippen LogP contribution is 2.39. The number of methoxy groups -OCH3 is 1. The Kier molecular flexibility index (Phi) is 5.91. The first kappa shape index (κ1) is 23.2. The summed E-state index contributed by atoms with van der Waals surface area (Å²) in [5, 5.41) is 4.07. The van der Waals surface area contributed by atoms with Gasteiger partial charge in [0, 0.05) is 48.5 Å². The molecule has 182 valence electrons. The molecule has 1 saturated carbocycles. The monoisotopic (exact) mass is 479 g/mol. The van der Waals surface area contributed by atoms with Crippen molar-refractivity contribution in [1.82, 2.24) is 14.7 Å². The smallest absolute Gasteiger partial charge is 0.337 e. The van der Waals surface area contributed by atoms with Crippen molar-refractivity contribution in [3.05, 3.63) is 59.7 Å². The predicted octanol–water partition coefficient (Wildman–Crippen LogP) is 6.59. The second kappa shape index (κ2) is 8.91. The standard InChI is InChI=1S/C27H27F2N3O3/c1-16-24(17(2)35-31-16)21-12-23-25(30-13-21)22(19-4-6-20(7-5-19)26(33)34-3)15-32(23)14-18-8-10-27(28,29)11-9-18/h4-7,12-13,15,18H,8-11,14H2,1-3H3. The third-order valence-electron chi connectivity index (χ3n) is 6.95. The van der Waals surface area contributed by atoms with E-state index in [-0.39, 0.29) is 18.8 Å². The number of halogens is 2. The molecule has 0 saturated heterocycles. The third kappa shape index (κ3) is 4.45. The minimum absolute atomic E-state index is 0.0682. The van der Waals surface area contributed by atoms with E-state index in [9.17, 15) is 13.6 Å². The summed E-state index contributed by atoms with van der Waals surface area (Å²) in [5.41, 5.74) is 6.63. The molecule has 4 aromatic rings. The molecule has 1 fully saturated rings. The van der Waals surface area contributed by atoms with E-state index in [4.69, 9.17) is 14.2 Å². The lowest BCUT2D eigenvalue weighted by Crippen LogP contribution is -2.26. The Hall–Kier alpha value is -3.55. The zero-order valence-corrected chi connectivity index (χ0v) is 20.0. The van der Waals surface area contributed by atoms with Crippen molar-refractivity contribution in [2.45, 2.75) is 52.0 Å². The van der Waals surface area contributed by atoms with Crippen LogP contribution in [-0.2, 0) is 11.3 Å². The van der Waals surface area contributed by atoms with Gasteiger partial charge in [-0.25, -0.2) is 13.6 Å². The molecule has 1 aliphatic carbocycles. The van der Waals surface area contributed by atoms with E-state index in [0.29, 0.717) is 24.9 Å². The number of pyridine rings is 1. The number of hydrogen-bond donors (Lipinski definition) is 0. The van der Waals surface area contributed by atoms with Crippen LogP contribution in [0.2, 0.25) is 0 Å². The van der Waals surface area contributed by atoms with Crippen molar-refractivity contribution in [2.75, 3.05) is 7.11 Å². The van der Waals surface area contributed by atoms with E-state index in [1.165, 1.54) is 7.11 Å². The molecule has 0 aliphatic heterocycles. The van der Waals surface area contributed by atoms with Crippen LogP contribution in [-0.4, -0.2) is 33.7 Å². The molecule has 3 heterocycles. The van der Waals surface area contributed by atoms with Gasteiger partial charge in [0.1, 0.15) is 5.76 Å². The van der Waals surface area contributed by atoms with E-state index in [1.54, 1.807) is 12.1 Å². The van der Waals surface area contributed by atoms with Crippen LogP contribution in [0.3, 0.4) is 0 Å². The molecule has 8 heteroatoms. The molecule has 0 bridgehead atoms. The lowest BCUT2D eigenvalue weighted by molar-refractivity contribution is -0.0472. The summed E-state index contributed by atoms with van der Waals surface area (Å²) in [7, 11) is 1.35. The van der Waals surface area contributed by atoms with E-state index in [1.807, 2.05) is 38.4 Å². The lowest BCUT2D eigenvalue weighted by Gasteiger charge is -2.28. The van der Waals surface area contributed by atoms with Crippen LogP contribution < -0.4 is 0 Å². The van der Waals surface area contributed by atoms with Crippen LogP contribution >= 0.6 is 0 Å². The number of alkyl halides is 2. The Bertz CT molecular complexity index is 1360. The van der Waals surface area contributed by atoms with Crippen LogP contribution in [0.15, 0.2) is 47.2 Å². The maximum Gasteiger partial charge on any atom is 0.337 e. The molecule has 5 rings (SSSR count). The van der Waals surface area contributed by atoms with Crippen molar-refractivity contribution >= 4 is 17.0 Å². The second-order valence-corrected chi connectivity index (χ2v) is 9.35. The number of aryl methyl sites for hydroxylation is 2. The topological polar surface area (TPSA) is 70.2 Å². The van der Waals surface area contributed by atoms with Gasteiger partial charge in [-0.05, 0) is 56.4 Å². The van der Waals surface area contributed by atoms with Crippen molar-refractivity contribution in [3.63, 3.8) is 0 Å². The molecular weight excluding hydrogens is 452 g/mol. The van der Waals surface area contributed by atoms with E-state index in [2.05, 4.69) is 15.8 Å². The molecule has 0 amide bonds. The highest BCUT2D eigenvalue weighted by Gasteiger charge is 2.35. The fourth-order valence-electron chi connectivity index (χ4n) is 5.02. The maximum absolute atomic E-state index is 13.7. The molecule has 0 unspecified atom stereocenters. The normalized spacial score (nSPS) is 16.0. The minimum atomic E-state index is -2.56. The summed E-state index contributed by atoms with van der Waals surface area (Å²) in [6.07, 6.45) is 4.70. The van der Waals surface area contributed by atoms with E-state index < -0.39 is 11.9 Å². The number of hydrogen-bond acceptors (Lipinski definition) is 5. The van der Waals surface area contributed by atoms with Crippen molar-refractivity contribution in [1.29, 1.82) is 0 Å². The van der Waals surface area contributed by atoms with E-state index in [0.717, 1.165) is 44.7 Å². The maximum atomic E-state index is 13.7. The van der Waals surface area contributed by atoms with Gasteiger partial charge in [0.05, 0.1) is 29.4 Å². The number of rotatable bonds is 5. The first-order valence-electron chi connectivity index (χ1n) is 11.7. The molecule has 0 N–H and O–H groups in total. The Morgan fingerprint density at radius 1 is 1.17 bits per heavy atom. The first-order valence-corrected chi connectivity index (χ1v) is 11.7. The average Bonchev–Trinajstić information content (AvgIpc) is 3.38. The lowest BCUT2D eigenvalue weighted by atomic mass is 9.87. The van der Waals surface area contributed by atoms with Crippen molar-refractivity contribution in [2.24, 2.45) is 5.92 Å². The molecule has 35 heavy (non-hydrogen) atoms. The van der Waals surface area contributed by atoms with Gasteiger partial charge in [-0.15, -0.1) is 0 Å². The minimum Gasteiger partial charge on any atom is -0.465 e. The van der Waals surface area contributed by atoms with Gasteiger partial charge < -0.3 is 13.8 Å². The van der Waals surface area contributed by atoms with Gasteiger partial charge in [-0.1, -0.05) is 17.3 Å². The van der Waals surface area contributed by atoms with Crippen molar-refractivity contribution in [3.8, 4) is 22.3 Å². The second-order valence-electron chi connectivity index (χ2n) is 9.35. The van der Waals surface area contributed by atoms with Crippen molar-refractivity contribution < 1.29 is 22.8 Å². The Balaban J connectivity index is 1.58. The number of benzene rings is 1. The fourth-order valence-corrected chi connectivity index (χ4v) is 5.02. The molecule has 1 aliphatic rings. The van der Waals surface area contributed by atoms with Gasteiger partial charge in [-0.3, -0.25) is 4.98 Å². The molecule has 6 nitrogen and oxygen atoms in total. The van der Waals surface area contributed by atoms with Crippen LogP contribution in [0.5, 0.6) is 0 Å². The van der Waals surface area contributed by atoms with Gasteiger partial charge in [0.25, 0.3) is 0 Å². The number of aromatic nitrogens is 3. The SMILES string of the molecule is COC(=O)c1ccc(-c2cn(CC3CCC(F)(F)CC3)c3cc(-c4c(C)noc4C)cnc23)cc1. The largest absolute Gasteiger partial charge is 0.465 e. The molecule has 0 radical (unpaired) electrons. The van der Waals surface area contributed by atoms with Crippen LogP contribution in [0, 0.1) is 19.8 Å². The predicted molar refractivity (Wildman–Crippen MR) is 128 cm³/mol. The fraction of sp³-hybridized carbons (Fsp3) is 0.370. The van der Waals surface area contributed by atoms with E-state index >= 15 is 0 Å². The molecule has 0 atom stereocenters. The van der Waals surface area contributed by atoms with Crippen LogP contribution in [0.1, 0.15) is 47.5 Å². The summed E-state index contributed by atoms with van der Waals surface area (Å²) >= 11 is 0. The Morgan fingerprint density at radius 3 is 2.51 bits per heavy atom. The summed E-state index contributed by atoms with van der Waals surface area (Å²) in [5.74, 6) is -2.06. The summed E-state index contributed by atoms with van der Waals surface area (Å²) in [6, 6.07) is 9.27. The number of carbonyl (C=O) groups is 1. The highest BCUT2D eigenvalue weighted by molar-refractivity contribution is 5.96. The van der Waals surface area contributed by atoms with Crippen LogP contribution in [0.25, 0.3) is 33.3 Å². The first-order chi connectivity index (χ1) is 16.8. The molecule has 0 spiro atoms. The Morgan fingerprint density at radius 2 is 1.89 bits per heavy atom. The number of esters is 1. The van der Waals surface area contributed by atoms with Gasteiger partial charge in [0.2, 0.25) is 5.92 Å². The van der Waals surface area contributed by atoms with Gasteiger partial charge in [0.15, 0.2) is 0 Å². The summed E-state index contributed by atoms with van der Waals surface area (Å²) in [6.45, 7) is 4.40. The third-order valence-corrected chi connectivity index (χ3v) is 6.95. The zero-order valence-electron chi connectivity index (χ0n) is 20.0.